The number of carbonyl (C=O) groups excluding carboxylic acids is 2. The molecule has 4 rings (SSSR count). The minimum Gasteiger partial charge on any atom is -0.493 e. The van der Waals surface area contributed by atoms with Gasteiger partial charge in [0.2, 0.25) is 5.91 Å². The molecule has 1 spiro atoms. The second-order valence-corrected chi connectivity index (χ2v) is 9.96. The van der Waals surface area contributed by atoms with E-state index in [4.69, 9.17) is 4.74 Å². The van der Waals surface area contributed by atoms with E-state index in [9.17, 15) is 9.59 Å². The Morgan fingerprint density at radius 1 is 1.12 bits per heavy atom. The first kappa shape index (κ1) is 24.5. The van der Waals surface area contributed by atoms with Crippen LogP contribution >= 0.6 is 15.9 Å². The van der Waals surface area contributed by atoms with Crippen molar-refractivity contribution in [3.8, 4) is 5.75 Å². The van der Waals surface area contributed by atoms with Crippen molar-refractivity contribution in [3.63, 3.8) is 0 Å². The molecule has 1 aromatic heterocycles. The maximum absolute atomic E-state index is 13.3. The van der Waals surface area contributed by atoms with Crippen molar-refractivity contribution >= 4 is 33.8 Å². The van der Waals surface area contributed by atoms with Gasteiger partial charge >= 0.3 is 0 Å². The molecule has 0 N–H and O–H groups in total. The van der Waals surface area contributed by atoms with Gasteiger partial charge in [0.15, 0.2) is 0 Å². The third-order valence-corrected chi connectivity index (χ3v) is 7.99. The number of hydrogen-bond donors (Lipinski definition) is 0. The Bertz CT molecular complexity index is 1090. The van der Waals surface area contributed by atoms with Crippen LogP contribution in [0.3, 0.4) is 0 Å². The second-order valence-electron chi connectivity index (χ2n) is 9.17. The molecule has 2 aliphatic heterocycles. The molecule has 3 heterocycles. The Labute approximate surface area is 209 Å². The summed E-state index contributed by atoms with van der Waals surface area (Å²) in [5.41, 5.74) is 2.48. The first-order chi connectivity index (χ1) is 16.4. The van der Waals surface area contributed by atoms with Crippen molar-refractivity contribution in [3.05, 3.63) is 51.8 Å². The Balaban J connectivity index is 1.36. The van der Waals surface area contributed by atoms with E-state index in [0.29, 0.717) is 31.9 Å². The number of para-hydroxylation sites is 1. The summed E-state index contributed by atoms with van der Waals surface area (Å²) in [7, 11) is 0. The van der Waals surface area contributed by atoms with Crippen LogP contribution in [-0.4, -0.2) is 64.2 Å². The van der Waals surface area contributed by atoms with Crippen molar-refractivity contribution in [1.82, 2.24) is 19.6 Å². The molecule has 0 saturated carbocycles. The van der Waals surface area contributed by atoms with Crippen LogP contribution in [0.25, 0.3) is 6.08 Å². The van der Waals surface area contributed by atoms with Crippen LogP contribution in [0.1, 0.15) is 54.9 Å². The number of aryl methyl sites for hydroxylation is 2. The summed E-state index contributed by atoms with van der Waals surface area (Å²) in [6.07, 6.45) is 6.30. The summed E-state index contributed by atoms with van der Waals surface area (Å²) >= 11 is 3.56. The van der Waals surface area contributed by atoms with E-state index in [2.05, 4.69) is 21.0 Å². The lowest BCUT2D eigenvalue weighted by Gasteiger charge is -2.39. The van der Waals surface area contributed by atoms with Crippen LogP contribution < -0.4 is 4.74 Å². The average molecular weight is 529 g/mol. The fourth-order valence-corrected chi connectivity index (χ4v) is 5.49. The molecule has 0 atom stereocenters. The zero-order chi connectivity index (χ0) is 24.3. The largest absolute Gasteiger partial charge is 0.493 e. The summed E-state index contributed by atoms with van der Waals surface area (Å²) in [5, 5.41) is 4.47. The van der Waals surface area contributed by atoms with Gasteiger partial charge in [0.1, 0.15) is 11.4 Å². The number of carbonyl (C=O) groups is 2. The molecule has 0 aliphatic carbocycles. The van der Waals surface area contributed by atoms with Gasteiger partial charge in [0, 0.05) is 44.4 Å². The molecule has 2 amide bonds. The highest BCUT2D eigenvalue weighted by atomic mass is 79.9. The summed E-state index contributed by atoms with van der Waals surface area (Å²) in [6.45, 7) is 10.0. The van der Waals surface area contributed by atoms with E-state index in [1.807, 2.05) is 60.9 Å². The van der Waals surface area contributed by atoms with Crippen molar-refractivity contribution in [2.75, 3.05) is 32.8 Å². The maximum atomic E-state index is 13.3. The molecule has 1 aromatic carbocycles. The number of benzene rings is 1. The topological polar surface area (TPSA) is 67.7 Å². The number of rotatable bonds is 6. The summed E-state index contributed by atoms with van der Waals surface area (Å²) < 4.78 is 8.22. The fraction of sp³-hybridized carbons (Fsp3) is 0.500. The smallest absolute Gasteiger partial charge is 0.273 e. The minimum absolute atomic E-state index is 0.0262. The molecule has 2 fully saturated rings. The molecule has 0 bridgehead atoms. The highest BCUT2D eigenvalue weighted by Gasteiger charge is 2.43. The van der Waals surface area contributed by atoms with Gasteiger partial charge in [-0.1, -0.05) is 18.2 Å². The molecule has 34 heavy (non-hydrogen) atoms. The van der Waals surface area contributed by atoms with E-state index in [1.165, 1.54) is 0 Å². The van der Waals surface area contributed by atoms with Gasteiger partial charge in [0.25, 0.3) is 5.91 Å². The lowest BCUT2D eigenvalue weighted by molar-refractivity contribution is -0.128. The highest BCUT2D eigenvalue weighted by molar-refractivity contribution is 9.10. The Morgan fingerprint density at radius 3 is 2.47 bits per heavy atom. The predicted molar refractivity (Wildman–Crippen MR) is 136 cm³/mol. The molecule has 2 aliphatic rings. The van der Waals surface area contributed by atoms with Gasteiger partial charge in [-0.3, -0.25) is 14.3 Å². The van der Waals surface area contributed by atoms with Crippen LogP contribution in [-0.2, 0) is 11.3 Å². The zero-order valence-electron chi connectivity index (χ0n) is 20.2. The molecular weight excluding hydrogens is 496 g/mol. The predicted octanol–water partition coefficient (Wildman–Crippen LogP) is 4.54. The van der Waals surface area contributed by atoms with Crippen molar-refractivity contribution < 1.29 is 14.3 Å². The summed E-state index contributed by atoms with van der Waals surface area (Å²) in [4.78, 5) is 30.0. The Kier molecular flexibility index (Phi) is 7.45. The monoisotopic (exact) mass is 528 g/mol. The van der Waals surface area contributed by atoms with Crippen LogP contribution in [0.4, 0.5) is 0 Å². The van der Waals surface area contributed by atoms with E-state index < -0.39 is 0 Å². The summed E-state index contributed by atoms with van der Waals surface area (Å²) in [6, 6.07) is 7.74. The number of aromatic nitrogens is 2. The molecule has 0 radical (unpaired) electrons. The zero-order valence-corrected chi connectivity index (χ0v) is 21.8. The van der Waals surface area contributed by atoms with Gasteiger partial charge in [-0.15, -0.1) is 0 Å². The fourth-order valence-electron chi connectivity index (χ4n) is 5.03. The van der Waals surface area contributed by atoms with Crippen LogP contribution in [0, 0.1) is 12.3 Å². The normalized spacial score (nSPS) is 17.6. The second kappa shape index (κ2) is 10.3. The first-order valence-corrected chi connectivity index (χ1v) is 12.9. The van der Waals surface area contributed by atoms with Gasteiger partial charge in [-0.25, -0.2) is 0 Å². The van der Waals surface area contributed by atoms with Crippen LogP contribution in [0.2, 0.25) is 0 Å². The van der Waals surface area contributed by atoms with Crippen molar-refractivity contribution in [2.45, 2.75) is 46.6 Å². The SMILES string of the molecule is CCOc1ccccc1/C=C/C(=O)N1CCC2(CC1)CCN(C(=O)c1c(Br)c(C)nn1CC)C2. The molecule has 8 heteroatoms. The number of amides is 2. The first-order valence-electron chi connectivity index (χ1n) is 12.1. The Morgan fingerprint density at radius 2 is 1.79 bits per heavy atom. The third kappa shape index (κ3) is 4.92. The number of nitrogens with zero attached hydrogens (tertiary/aromatic N) is 4. The van der Waals surface area contributed by atoms with Gasteiger partial charge < -0.3 is 14.5 Å². The lowest BCUT2D eigenvalue weighted by atomic mass is 9.78. The molecule has 0 unspecified atom stereocenters. The van der Waals surface area contributed by atoms with Gasteiger partial charge in [0.05, 0.1) is 16.8 Å². The van der Waals surface area contributed by atoms with Crippen molar-refractivity contribution in [2.24, 2.45) is 5.41 Å². The van der Waals surface area contributed by atoms with Crippen LogP contribution in [0.5, 0.6) is 5.75 Å². The quantitative estimate of drug-likeness (QED) is 0.516. The van der Waals surface area contributed by atoms with Crippen molar-refractivity contribution in [1.29, 1.82) is 0 Å². The standard InChI is InChI=1S/C26H33BrN4O3/c1-4-31-24(23(27)19(3)28-31)25(33)30-17-14-26(18-30)12-15-29(16-13-26)22(32)11-10-20-8-6-7-9-21(20)34-5-2/h6-11H,4-5,12-18H2,1-3H3/b11-10+. The van der Waals surface area contributed by atoms with E-state index in [0.717, 1.165) is 53.8 Å². The summed E-state index contributed by atoms with van der Waals surface area (Å²) in [5.74, 6) is 0.854. The van der Waals surface area contributed by atoms with E-state index >= 15 is 0 Å². The number of piperidine rings is 1. The lowest BCUT2D eigenvalue weighted by Crippen LogP contribution is -2.44. The molecule has 7 nitrogen and oxygen atoms in total. The van der Waals surface area contributed by atoms with Crippen LogP contribution in [0.15, 0.2) is 34.8 Å². The number of halogens is 1. The Hall–Kier alpha value is -2.61. The third-order valence-electron chi connectivity index (χ3n) is 7.04. The number of likely N-dealkylation sites (tertiary alicyclic amines) is 2. The minimum atomic E-state index is 0.0262. The molecule has 2 saturated heterocycles. The van der Waals surface area contributed by atoms with Gasteiger partial charge in [-0.05, 0) is 73.5 Å². The highest BCUT2D eigenvalue weighted by Crippen LogP contribution is 2.41. The average Bonchev–Trinajstić information content (AvgIpc) is 3.39. The van der Waals surface area contributed by atoms with E-state index in [-0.39, 0.29) is 17.2 Å². The maximum Gasteiger partial charge on any atom is 0.273 e. The molecule has 182 valence electrons. The van der Waals surface area contributed by atoms with E-state index in [1.54, 1.807) is 10.8 Å². The van der Waals surface area contributed by atoms with Gasteiger partial charge in [-0.2, -0.15) is 5.10 Å². The number of ether oxygens (including phenoxy) is 1. The molecule has 2 aromatic rings. The molecular formula is C26H33BrN4O3. The number of hydrogen-bond acceptors (Lipinski definition) is 4.